The minimum Gasteiger partial charge on any atom is -0.382 e. The SMILES string of the molecule is CCC(C)(O)C(=O)CCc1cccs1. The lowest BCUT2D eigenvalue weighted by Crippen LogP contribution is -2.34. The highest BCUT2D eigenvalue weighted by atomic mass is 32.1. The summed E-state index contributed by atoms with van der Waals surface area (Å²) in [6.07, 6.45) is 1.66. The maximum absolute atomic E-state index is 11.5. The Hall–Kier alpha value is -0.670. The van der Waals surface area contributed by atoms with E-state index in [2.05, 4.69) is 0 Å². The predicted molar refractivity (Wildman–Crippen MR) is 58.6 cm³/mol. The van der Waals surface area contributed by atoms with Crippen LogP contribution in [0, 0.1) is 0 Å². The lowest BCUT2D eigenvalue weighted by molar-refractivity contribution is -0.135. The Bertz CT molecular complexity index is 288. The third-order valence-corrected chi connectivity index (χ3v) is 3.40. The second-order valence-corrected chi connectivity index (χ2v) is 4.66. The summed E-state index contributed by atoms with van der Waals surface area (Å²) in [5, 5.41) is 11.7. The zero-order chi connectivity index (χ0) is 10.6. The Labute approximate surface area is 88.6 Å². The minimum atomic E-state index is -1.14. The monoisotopic (exact) mass is 212 g/mol. The molecule has 0 bridgehead atoms. The van der Waals surface area contributed by atoms with Crippen LogP contribution in [0.3, 0.4) is 0 Å². The van der Waals surface area contributed by atoms with Crippen LogP contribution in [-0.2, 0) is 11.2 Å². The van der Waals surface area contributed by atoms with Crippen LogP contribution in [0.25, 0.3) is 0 Å². The summed E-state index contributed by atoms with van der Waals surface area (Å²) in [6.45, 7) is 3.41. The molecule has 1 aromatic heterocycles. The molecule has 0 aromatic carbocycles. The molecule has 1 heterocycles. The van der Waals surface area contributed by atoms with Crippen molar-refractivity contribution >= 4 is 17.1 Å². The number of Topliss-reactive ketones (excluding diaryl/α,β-unsaturated/α-hetero) is 1. The third-order valence-electron chi connectivity index (χ3n) is 2.47. The lowest BCUT2D eigenvalue weighted by atomic mass is 9.94. The summed E-state index contributed by atoms with van der Waals surface area (Å²) in [4.78, 5) is 12.7. The predicted octanol–water partition coefficient (Wildman–Crippen LogP) is 2.41. The first-order chi connectivity index (χ1) is 6.56. The number of aliphatic hydroxyl groups is 1. The van der Waals surface area contributed by atoms with E-state index >= 15 is 0 Å². The van der Waals surface area contributed by atoms with Gasteiger partial charge in [-0.3, -0.25) is 4.79 Å². The largest absolute Gasteiger partial charge is 0.382 e. The number of aryl methyl sites for hydroxylation is 1. The summed E-state index contributed by atoms with van der Waals surface area (Å²) >= 11 is 1.65. The molecule has 0 aliphatic rings. The molecular weight excluding hydrogens is 196 g/mol. The van der Waals surface area contributed by atoms with Crippen molar-refractivity contribution in [2.24, 2.45) is 0 Å². The molecule has 14 heavy (non-hydrogen) atoms. The molecule has 78 valence electrons. The minimum absolute atomic E-state index is 0.0617. The van der Waals surface area contributed by atoms with Crippen LogP contribution in [0.2, 0.25) is 0 Å². The zero-order valence-corrected chi connectivity index (χ0v) is 9.43. The molecule has 0 fully saturated rings. The van der Waals surface area contributed by atoms with Gasteiger partial charge in [-0.05, 0) is 31.2 Å². The van der Waals surface area contributed by atoms with Crippen LogP contribution >= 0.6 is 11.3 Å². The second-order valence-electron chi connectivity index (χ2n) is 3.63. The normalized spacial score (nSPS) is 15.1. The van der Waals surface area contributed by atoms with E-state index in [0.29, 0.717) is 12.8 Å². The smallest absolute Gasteiger partial charge is 0.164 e. The Morgan fingerprint density at radius 3 is 2.86 bits per heavy atom. The summed E-state index contributed by atoms with van der Waals surface area (Å²) in [5.41, 5.74) is -1.14. The lowest BCUT2D eigenvalue weighted by Gasteiger charge is -2.18. The fourth-order valence-corrected chi connectivity index (χ4v) is 1.87. The van der Waals surface area contributed by atoms with Gasteiger partial charge in [0.2, 0.25) is 0 Å². The van der Waals surface area contributed by atoms with Crippen molar-refractivity contribution < 1.29 is 9.90 Å². The molecular formula is C11H16O2S. The van der Waals surface area contributed by atoms with Crippen molar-refractivity contribution in [2.75, 3.05) is 0 Å². The van der Waals surface area contributed by atoms with Gasteiger partial charge < -0.3 is 5.11 Å². The van der Waals surface area contributed by atoms with Gasteiger partial charge in [-0.2, -0.15) is 0 Å². The van der Waals surface area contributed by atoms with Gasteiger partial charge >= 0.3 is 0 Å². The first-order valence-corrected chi connectivity index (χ1v) is 5.72. The highest BCUT2D eigenvalue weighted by molar-refractivity contribution is 7.09. The number of carbonyl (C=O) groups excluding carboxylic acids is 1. The van der Waals surface area contributed by atoms with Gasteiger partial charge in [-0.1, -0.05) is 13.0 Å². The molecule has 2 nitrogen and oxygen atoms in total. The standard InChI is InChI=1S/C11H16O2S/c1-3-11(2,13)10(12)7-6-9-5-4-8-14-9/h4-5,8,13H,3,6-7H2,1-2H3. The van der Waals surface area contributed by atoms with E-state index in [-0.39, 0.29) is 5.78 Å². The number of ketones is 1. The van der Waals surface area contributed by atoms with E-state index < -0.39 is 5.60 Å². The van der Waals surface area contributed by atoms with E-state index in [1.165, 1.54) is 4.88 Å². The topological polar surface area (TPSA) is 37.3 Å². The Balaban J connectivity index is 2.43. The zero-order valence-electron chi connectivity index (χ0n) is 8.62. The van der Waals surface area contributed by atoms with E-state index in [0.717, 1.165) is 6.42 Å². The van der Waals surface area contributed by atoms with Gasteiger partial charge in [-0.15, -0.1) is 11.3 Å². The summed E-state index contributed by atoms with van der Waals surface area (Å²) in [7, 11) is 0. The third kappa shape index (κ3) is 2.93. The van der Waals surface area contributed by atoms with Crippen molar-refractivity contribution in [1.29, 1.82) is 0 Å². The van der Waals surface area contributed by atoms with E-state index in [1.54, 1.807) is 18.3 Å². The van der Waals surface area contributed by atoms with Gasteiger partial charge in [0.05, 0.1) is 0 Å². The highest BCUT2D eigenvalue weighted by Crippen LogP contribution is 2.16. The van der Waals surface area contributed by atoms with E-state index in [1.807, 2.05) is 24.4 Å². The number of hydrogen-bond donors (Lipinski definition) is 1. The molecule has 0 radical (unpaired) electrons. The van der Waals surface area contributed by atoms with Crippen molar-refractivity contribution in [2.45, 2.75) is 38.7 Å². The molecule has 0 amide bonds. The molecule has 0 aliphatic carbocycles. The first-order valence-electron chi connectivity index (χ1n) is 4.84. The highest BCUT2D eigenvalue weighted by Gasteiger charge is 2.26. The van der Waals surface area contributed by atoms with Crippen molar-refractivity contribution in [3.8, 4) is 0 Å². The van der Waals surface area contributed by atoms with Crippen molar-refractivity contribution in [1.82, 2.24) is 0 Å². The molecule has 3 heteroatoms. The molecule has 1 atom stereocenters. The van der Waals surface area contributed by atoms with Crippen LogP contribution in [0.1, 0.15) is 31.6 Å². The van der Waals surface area contributed by atoms with Crippen LogP contribution in [0.4, 0.5) is 0 Å². The number of thiophene rings is 1. The second kappa shape index (κ2) is 4.71. The Kier molecular flexibility index (Phi) is 3.84. The van der Waals surface area contributed by atoms with Gasteiger partial charge in [0.15, 0.2) is 5.78 Å². The van der Waals surface area contributed by atoms with Gasteiger partial charge in [-0.25, -0.2) is 0 Å². The molecule has 0 aliphatic heterocycles. The quantitative estimate of drug-likeness (QED) is 0.813. The number of hydrogen-bond acceptors (Lipinski definition) is 3. The van der Waals surface area contributed by atoms with E-state index in [9.17, 15) is 9.90 Å². The number of rotatable bonds is 5. The van der Waals surface area contributed by atoms with Crippen molar-refractivity contribution in [3.05, 3.63) is 22.4 Å². The van der Waals surface area contributed by atoms with Gasteiger partial charge in [0, 0.05) is 11.3 Å². The summed E-state index contributed by atoms with van der Waals surface area (Å²) in [6, 6.07) is 3.99. The maximum Gasteiger partial charge on any atom is 0.164 e. The summed E-state index contributed by atoms with van der Waals surface area (Å²) in [5.74, 6) is -0.0617. The molecule has 1 unspecified atom stereocenters. The maximum atomic E-state index is 11.5. The average Bonchev–Trinajstić information content (AvgIpc) is 2.66. The Morgan fingerprint density at radius 1 is 1.64 bits per heavy atom. The van der Waals surface area contributed by atoms with Crippen LogP contribution < -0.4 is 0 Å². The summed E-state index contributed by atoms with van der Waals surface area (Å²) < 4.78 is 0. The van der Waals surface area contributed by atoms with E-state index in [4.69, 9.17) is 0 Å². The average molecular weight is 212 g/mol. The fourth-order valence-electron chi connectivity index (χ4n) is 1.16. The number of carbonyl (C=O) groups is 1. The first kappa shape index (κ1) is 11.4. The molecule has 1 rings (SSSR count). The van der Waals surface area contributed by atoms with Crippen LogP contribution in [0.5, 0.6) is 0 Å². The van der Waals surface area contributed by atoms with Crippen LogP contribution in [-0.4, -0.2) is 16.5 Å². The Morgan fingerprint density at radius 2 is 2.36 bits per heavy atom. The molecule has 0 spiro atoms. The molecule has 1 N–H and O–H groups in total. The van der Waals surface area contributed by atoms with Crippen molar-refractivity contribution in [3.63, 3.8) is 0 Å². The van der Waals surface area contributed by atoms with Crippen LogP contribution in [0.15, 0.2) is 17.5 Å². The van der Waals surface area contributed by atoms with Gasteiger partial charge in [0.25, 0.3) is 0 Å². The fraction of sp³-hybridized carbons (Fsp3) is 0.545. The van der Waals surface area contributed by atoms with Gasteiger partial charge in [0.1, 0.15) is 5.60 Å². The molecule has 1 aromatic rings. The molecule has 0 saturated heterocycles. The molecule has 0 saturated carbocycles.